The number of rotatable bonds is 6. The minimum absolute atomic E-state index is 0.00702. The molecule has 0 saturated heterocycles. The van der Waals surface area contributed by atoms with Crippen molar-refractivity contribution in [2.75, 3.05) is 0 Å². The van der Waals surface area contributed by atoms with Crippen LogP contribution in [0.25, 0.3) is 0 Å². The number of ether oxygens (including phenoxy) is 1. The van der Waals surface area contributed by atoms with Crippen LogP contribution in [0, 0.1) is 13.8 Å². The molecule has 0 aromatic heterocycles. The fourth-order valence-electron chi connectivity index (χ4n) is 3.20. The zero-order chi connectivity index (χ0) is 20.2. The lowest BCUT2D eigenvalue weighted by Gasteiger charge is -2.23. The molecule has 0 radical (unpaired) electrons. The van der Waals surface area contributed by atoms with Crippen molar-refractivity contribution in [3.05, 3.63) is 64.7 Å². The van der Waals surface area contributed by atoms with E-state index in [1.54, 1.807) is 6.92 Å². The van der Waals surface area contributed by atoms with Gasteiger partial charge in [0.1, 0.15) is 5.75 Å². The van der Waals surface area contributed by atoms with E-state index in [4.69, 9.17) is 4.74 Å². The first-order valence-electron chi connectivity index (χ1n) is 9.76. The van der Waals surface area contributed by atoms with Gasteiger partial charge in [0, 0.05) is 0 Å². The van der Waals surface area contributed by atoms with Gasteiger partial charge in [-0.15, -0.1) is 0 Å². The Morgan fingerprint density at radius 1 is 1.07 bits per heavy atom. The van der Waals surface area contributed by atoms with E-state index in [-0.39, 0.29) is 17.4 Å². The molecule has 27 heavy (non-hydrogen) atoms. The minimum Gasteiger partial charge on any atom is -0.481 e. The van der Waals surface area contributed by atoms with E-state index in [0.29, 0.717) is 5.75 Å². The molecule has 0 saturated carbocycles. The summed E-state index contributed by atoms with van der Waals surface area (Å²) in [4.78, 5) is 12.7. The van der Waals surface area contributed by atoms with Crippen LogP contribution in [0.1, 0.15) is 69.3 Å². The Balaban J connectivity index is 2.03. The second kappa shape index (κ2) is 8.60. The van der Waals surface area contributed by atoms with Crippen molar-refractivity contribution in [3.8, 4) is 5.75 Å². The summed E-state index contributed by atoms with van der Waals surface area (Å²) in [5.74, 6) is 0.618. The molecule has 2 rings (SSSR count). The Hall–Kier alpha value is -2.29. The summed E-state index contributed by atoms with van der Waals surface area (Å²) in [6, 6.07) is 14.3. The monoisotopic (exact) mass is 367 g/mol. The Morgan fingerprint density at radius 2 is 1.70 bits per heavy atom. The maximum Gasteiger partial charge on any atom is 0.261 e. The van der Waals surface area contributed by atoms with Crippen molar-refractivity contribution in [3.63, 3.8) is 0 Å². The van der Waals surface area contributed by atoms with Gasteiger partial charge in [0.05, 0.1) is 6.04 Å². The molecule has 2 atom stereocenters. The normalized spacial score (nSPS) is 13.7. The summed E-state index contributed by atoms with van der Waals surface area (Å²) in [5, 5.41) is 3.13. The van der Waals surface area contributed by atoms with Crippen LogP contribution < -0.4 is 10.1 Å². The van der Waals surface area contributed by atoms with Gasteiger partial charge in [0.15, 0.2) is 6.10 Å². The Bertz CT molecular complexity index is 772. The molecule has 0 bridgehead atoms. The molecule has 0 unspecified atom stereocenters. The molecule has 3 nitrogen and oxygen atoms in total. The van der Waals surface area contributed by atoms with Gasteiger partial charge in [-0.05, 0) is 61.4 Å². The summed E-state index contributed by atoms with van der Waals surface area (Å²) in [6.45, 7) is 14.6. The van der Waals surface area contributed by atoms with Crippen molar-refractivity contribution in [2.24, 2.45) is 0 Å². The van der Waals surface area contributed by atoms with Crippen LogP contribution in [0.5, 0.6) is 5.75 Å². The molecule has 2 aromatic rings. The lowest BCUT2D eigenvalue weighted by atomic mass is 9.87. The first-order valence-corrected chi connectivity index (χ1v) is 9.76. The molecule has 0 spiro atoms. The highest BCUT2D eigenvalue weighted by Gasteiger charge is 2.21. The van der Waals surface area contributed by atoms with Crippen molar-refractivity contribution in [1.82, 2.24) is 5.32 Å². The summed E-state index contributed by atoms with van der Waals surface area (Å²) < 4.78 is 5.86. The second-order valence-corrected chi connectivity index (χ2v) is 8.36. The van der Waals surface area contributed by atoms with E-state index in [1.165, 1.54) is 16.7 Å². The van der Waals surface area contributed by atoms with Crippen molar-refractivity contribution in [2.45, 2.75) is 72.4 Å². The number of carbonyl (C=O) groups excluding carboxylic acids is 1. The van der Waals surface area contributed by atoms with Crippen LogP contribution in [0.2, 0.25) is 0 Å². The molecule has 1 amide bonds. The summed E-state index contributed by atoms with van der Waals surface area (Å²) in [5.41, 5.74) is 4.94. The Kier molecular flexibility index (Phi) is 6.69. The first-order chi connectivity index (χ1) is 12.6. The van der Waals surface area contributed by atoms with Gasteiger partial charge < -0.3 is 10.1 Å². The van der Waals surface area contributed by atoms with Gasteiger partial charge in [-0.25, -0.2) is 0 Å². The third kappa shape index (κ3) is 5.59. The van der Waals surface area contributed by atoms with E-state index in [2.05, 4.69) is 77.2 Å². The third-order valence-electron chi connectivity index (χ3n) is 4.93. The SMILES string of the molecule is CC[C@H](NC(=O)[C@H](C)Oc1ccc(C(C)(C)C)cc1)c1ccc(C)cc1C. The van der Waals surface area contributed by atoms with Crippen LogP contribution in [0.15, 0.2) is 42.5 Å². The quantitative estimate of drug-likeness (QED) is 0.718. The maximum atomic E-state index is 12.7. The fraction of sp³-hybridized carbons (Fsp3) is 0.458. The van der Waals surface area contributed by atoms with Gasteiger partial charge in [-0.1, -0.05) is 63.6 Å². The summed E-state index contributed by atoms with van der Waals surface area (Å²) >= 11 is 0. The first kappa shape index (κ1) is 21.0. The second-order valence-electron chi connectivity index (χ2n) is 8.36. The molecule has 0 aliphatic rings. The molecule has 1 N–H and O–H groups in total. The lowest BCUT2D eigenvalue weighted by molar-refractivity contribution is -0.128. The molecule has 0 aliphatic heterocycles. The van der Waals surface area contributed by atoms with Gasteiger partial charge in [-0.2, -0.15) is 0 Å². The van der Waals surface area contributed by atoms with E-state index in [1.807, 2.05) is 12.1 Å². The molecule has 146 valence electrons. The Labute approximate surface area is 164 Å². The standard InChI is InChI=1S/C24H33NO2/c1-8-22(21-14-9-16(2)15-17(21)3)25-23(26)18(4)27-20-12-10-19(11-13-20)24(5,6)7/h9-15,18,22H,8H2,1-7H3,(H,25,26)/t18-,22-/m0/s1. The number of nitrogens with one attached hydrogen (secondary N) is 1. The fourth-order valence-corrected chi connectivity index (χ4v) is 3.20. The predicted octanol–water partition coefficient (Wildman–Crippen LogP) is 5.64. The molecular formula is C24H33NO2. The number of carbonyl (C=O) groups is 1. The van der Waals surface area contributed by atoms with E-state index < -0.39 is 6.10 Å². The topological polar surface area (TPSA) is 38.3 Å². The third-order valence-corrected chi connectivity index (χ3v) is 4.93. The predicted molar refractivity (Wildman–Crippen MR) is 112 cm³/mol. The average Bonchev–Trinajstić information content (AvgIpc) is 2.59. The number of aryl methyl sites for hydroxylation is 2. The maximum absolute atomic E-state index is 12.7. The number of amides is 1. The highest BCUT2D eigenvalue weighted by Crippen LogP contribution is 2.25. The van der Waals surface area contributed by atoms with Crippen molar-refractivity contribution < 1.29 is 9.53 Å². The largest absolute Gasteiger partial charge is 0.481 e. The molecular weight excluding hydrogens is 334 g/mol. The van der Waals surface area contributed by atoms with Gasteiger partial charge in [0.2, 0.25) is 0 Å². The van der Waals surface area contributed by atoms with E-state index in [0.717, 1.165) is 12.0 Å². The molecule has 0 fully saturated rings. The van der Waals surface area contributed by atoms with Crippen LogP contribution in [-0.2, 0) is 10.2 Å². The number of hydrogen-bond donors (Lipinski definition) is 1. The molecule has 0 aliphatic carbocycles. The number of benzene rings is 2. The zero-order valence-electron chi connectivity index (χ0n) is 17.7. The smallest absolute Gasteiger partial charge is 0.261 e. The average molecular weight is 368 g/mol. The van der Waals surface area contributed by atoms with Crippen LogP contribution in [0.4, 0.5) is 0 Å². The van der Waals surface area contributed by atoms with Gasteiger partial charge in [-0.3, -0.25) is 4.79 Å². The highest BCUT2D eigenvalue weighted by atomic mass is 16.5. The molecule has 2 aromatic carbocycles. The van der Waals surface area contributed by atoms with Crippen LogP contribution in [0.3, 0.4) is 0 Å². The summed E-state index contributed by atoms with van der Waals surface area (Å²) in [7, 11) is 0. The van der Waals surface area contributed by atoms with Crippen LogP contribution >= 0.6 is 0 Å². The van der Waals surface area contributed by atoms with Crippen LogP contribution in [-0.4, -0.2) is 12.0 Å². The minimum atomic E-state index is -0.551. The van der Waals surface area contributed by atoms with Crippen molar-refractivity contribution in [1.29, 1.82) is 0 Å². The zero-order valence-corrected chi connectivity index (χ0v) is 17.7. The van der Waals surface area contributed by atoms with Gasteiger partial charge >= 0.3 is 0 Å². The van der Waals surface area contributed by atoms with E-state index in [9.17, 15) is 4.79 Å². The molecule has 3 heteroatoms. The Morgan fingerprint density at radius 3 is 2.22 bits per heavy atom. The van der Waals surface area contributed by atoms with Gasteiger partial charge in [0.25, 0.3) is 5.91 Å². The molecule has 0 heterocycles. The lowest BCUT2D eigenvalue weighted by Crippen LogP contribution is -2.38. The summed E-state index contributed by atoms with van der Waals surface area (Å²) in [6.07, 6.45) is 0.285. The van der Waals surface area contributed by atoms with Crippen molar-refractivity contribution >= 4 is 5.91 Å². The highest BCUT2D eigenvalue weighted by molar-refractivity contribution is 5.81. The van der Waals surface area contributed by atoms with E-state index >= 15 is 0 Å². The number of hydrogen-bond acceptors (Lipinski definition) is 2.